The lowest BCUT2D eigenvalue weighted by Gasteiger charge is -2.30. The molecule has 17 heavy (non-hydrogen) atoms. The summed E-state index contributed by atoms with van der Waals surface area (Å²) in [5.41, 5.74) is 3.61. The molecule has 0 aliphatic carbocycles. The van der Waals surface area contributed by atoms with Gasteiger partial charge in [0.1, 0.15) is 5.82 Å². The summed E-state index contributed by atoms with van der Waals surface area (Å²) in [5.74, 6) is 1.06. The summed E-state index contributed by atoms with van der Waals surface area (Å²) >= 11 is 0. The number of hydrogen-bond acceptors (Lipinski definition) is 3. The van der Waals surface area contributed by atoms with Crippen molar-refractivity contribution in [1.29, 1.82) is 0 Å². The van der Waals surface area contributed by atoms with Crippen LogP contribution in [0, 0.1) is 6.92 Å². The molecule has 3 rings (SSSR count). The summed E-state index contributed by atoms with van der Waals surface area (Å²) in [5, 5.41) is 0. The molecule has 0 saturated carbocycles. The number of aromatic nitrogens is 2. The van der Waals surface area contributed by atoms with Crippen molar-refractivity contribution < 1.29 is 0 Å². The van der Waals surface area contributed by atoms with Crippen LogP contribution in [-0.2, 0) is 6.42 Å². The summed E-state index contributed by atoms with van der Waals surface area (Å²) in [7, 11) is 0. The standard InChI is InChI=1S/C14H15N3/c1-11-5-2-9-16-14(11)17-10-4-6-12-13(17)7-3-8-15-12/h2-3,5,7-9H,4,6,10H2,1H3. The lowest BCUT2D eigenvalue weighted by molar-refractivity contribution is 0.737. The van der Waals surface area contributed by atoms with Crippen molar-refractivity contribution in [3.63, 3.8) is 0 Å². The number of aryl methyl sites for hydroxylation is 2. The molecule has 0 unspecified atom stereocenters. The van der Waals surface area contributed by atoms with E-state index < -0.39 is 0 Å². The fourth-order valence-electron chi connectivity index (χ4n) is 2.37. The molecular weight excluding hydrogens is 210 g/mol. The van der Waals surface area contributed by atoms with Crippen LogP contribution in [0.1, 0.15) is 17.7 Å². The van der Waals surface area contributed by atoms with E-state index in [-0.39, 0.29) is 0 Å². The van der Waals surface area contributed by atoms with Gasteiger partial charge in [0.05, 0.1) is 11.4 Å². The largest absolute Gasteiger partial charge is 0.325 e. The lowest BCUT2D eigenvalue weighted by atomic mass is 10.1. The molecule has 0 N–H and O–H groups in total. The normalized spacial score (nSPS) is 14.5. The van der Waals surface area contributed by atoms with Gasteiger partial charge >= 0.3 is 0 Å². The average molecular weight is 225 g/mol. The fourth-order valence-corrected chi connectivity index (χ4v) is 2.37. The van der Waals surface area contributed by atoms with Crippen LogP contribution in [0.2, 0.25) is 0 Å². The van der Waals surface area contributed by atoms with Crippen LogP contribution in [0.4, 0.5) is 11.5 Å². The molecule has 0 radical (unpaired) electrons. The predicted molar refractivity (Wildman–Crippen MR) is 68.5 cm³/mol. The summed E-state index contributed by atoms with van der Waals surface area (Å²) < 4.78 is 0. The van der Waals surface area contributed by atoms with E-state index in [4.69, 9.17) is 0 Å². The van der Waals surface area contributed by atoms with Crippen molar-refractivity contribution in [3.8, 4) is 0 Å². The zero-order valence-electron chi connectivity index (χ0n) is 9.93. The van der Waals surface area contributed by atoms with Crippen molar-refractivity contribution in [2.24, 2.45) is 0 Å². The predicted octanol–water partition coefficient (Wildman–Crippen LogP) is 2.87. The van der Waals surface area contributed by atoms with Crippen LogP contribution in [0.5, 0.6) is 0 Å². The molecule has 86 valence electrons. The molecule has 0 saturated heterocycles. The van der Waals surface area contributed by atoms with Crippen LogP contribution in [0.3, 0.4) is 0 Å². The van der Waals surface area contributed by atoms with Gasteiger partial charge in [0.15, 0.2) is 0 Å². The zero-order chi connectivity index (χ0) is 11.7. The Bertz CT molecular complexity index is 536. The Labute approximate surface area is 101 Å². The highest BCUT2D eigenvalue weighted by Crippen LogP contribution is 2.32. The molecule has 0 aromatic carbocycles. The molecular formula is C14H15N3. The first-order valence-corrected chi connectivity index (χ1v) is 5.99. The van der Waals surface area contributed by atoms with Gasteiger partial charge in [-0.2, -0.15) is 0 Å². The van der Waals surface area contributed by atoms with E-state index >= 15 is 0 Å². The lowest BCUT2D eigenvalue weighted by Crippen LogP contribution is -2.26. The molecule has 0 atom stereocenters. The smallest absolute Gasteiger partial charge is 0.135 e. The monoisotopic (exact) mass is 225 g/mol. The summed E-state index contributed by atoms with van der Waals surface area (Å²) in [6, 6.07) is 8.21. The molecule has 2 aromatic rings. The Morgan fingerprint density at radius 2 is 1.94 bits per heavy atom. The van der Waals surface area contributed by atoms with Gasteiger partial charge in [-0.1, -0.05) is 6.07 Å². The van der Waals surface area contributed by atoms with Gasteiger partial charge in [-0.15, -0.1) is 0 Å². The van der Waals surface area contributed by atoms with Gasteiger partial charge in [-0.25, -0.2) is 4.98 Å². The minimum atomic E-state index is 1.02. The molecule has 0 fully saturated rings. The van der Waals surface area contributed by atoms with Crippen molar-refractivity contribution in [3.05, 3.63) is 47.9 Å². The molecule has 3 heteroatoms. The van der Waals surface area contributed by atoms with Crippen LogP contribution in [0.25, 0.3) is 0 Å². The SMILES string of the molecule is Cc1cccnc1N1CCCc2ncccc21. The number of fused-ring (bicyclic) bond motifs is 1. The number of nitrogens with zero attached hydrogens (tertiary/aromatic N) is 3. The second kappa shape index (κ2) is 4.17. The topological polar surface area (TPSA) is 29.0 Å². The van der Waals surface area contributed by atoms with Crippen LogP contribution in [-0.4, -0.2) is 16.5 Å². The highest BCUT2D eigenvalue weighted by Gasteiger charge is 2.20. The molecule has 0 spiro atoms. The Morgan fingerprint density at radius 3 is 2.82 bits per heavy atom. The Hall–Kier alpha value is -1.90. The van der Waals surface area contributed by atoms with Crippen molar-refractivity contribution in [2.75, 3.05) is 11.4 Å². The van der Waals surface area contributed by atoms with Crippen molar-refractivity contribution in [2.45, 2.75) is 19.8 Å². The Kier molecular flexibility index (Phi) is 2.52. The maximum atomic E-state index is 4.50. The minimum absolute atomic E-state index is 1.02. The molecule has 3 nitrogen and oxygen atoms in total. The summed E-state index contributed by atoms with van der Waals surface area (Å²) in [6.45, 7) is 3.13. The van der Waals surface area contributed by atoms with Gasteiger partial charge in [0, 0.05) is 18.9 Å². The van der Waals surface area contributed by atoms with E-state index in [1.807, 2.05) is 24.5 Å². The van der Waals surface area contributed by atoms with Gasteiger partial charge in [0.25, 0.3) is 0 Å². The van der Waals surface area contributed by atoms with E-state index in [2.05, 4.69) is 33.9 Å². The third-order valence-corrected chi connectivity index (χ3v) is 3.19. The fraction of sp³-hybridized carbons (Fsp3) is 0.286. The van der Waals surface area contributed by atoms with E-state index in [1.165, 1.54) is 16.9 Å². The van der Waals surface area contributed by atoms with Gasteiger partial charge in [0.2, 0.25) is 0 Å². The third-order valence-electron chi connectivity index (χ3n) is 3.19. The van der Waals surface area contributed by atoms with Gasteiger partial charge in [-0.05, 0) is 43.5 Å². The van der Waals surface area contributed by atoms with Gasteiger partial charge < -0.3 is 4.90 Å². The van der Waals surface area contributed by atoms with E-state index in [0.29, 0.717) is 0 Å². The van der Waals surface area contributed by atoms with Crippen LogP contribution < -0.4 is 4.90 Å². The Balaban J connectivity index is 2.09. The number of anilines is 2. The number of hydrogen-bond donors (Lipinski definition) is 0. The number of rotatable bonds is 1. The molecule has 1 aliphatic rings. The highest BCUT2D eigenvalue weighted by molar-refractivity contribution is 5.65. The zero-order valence-corrected chi connectivity index (χ0v) is 9.93. The van der Waals surface area contributed by atoms with Crippen LogP contribution >= 0.6 is 0 Å². The van der Waals surface area contributed by atoms with E-state index in [0.717, 1.165) is 25.2 Å². The number of pyridine rings is 2. The minimum Gasteiger partial charge on any atom is -0.325 e. The summed E-state index contributed by atoms with van der Waals surface area (Å²) in [4.78, 5) is 11.2. The van der Waals surface area contributed by atoms with E-state index in [1.54, 1.807) is 0 Å². The molecule has 3 heterocycles. The maximum Gasteiger partial charge on any atom is 0.135 e. The summed E-state index contributed by atoms with van der Waals surface area (Å²) in [6.07, 6.45) is 5.93. The third kappa shape index (κ3) is 1.78. The first-order chi connectivity index (χ1) is 8.36. The van der Waals surface area contributed by atoms with Gasteiger partial charge in [-0.3, -0.25) is 4.98 Å². The molecule has 2 aromatic heterocycles. The molecule has 0 bridgehead atoms. The van der Waals surface area contributed by atoms with Crippen molar-refractivity contribution >= 4 is 11.5 Å². The van der Waals surface area contributed by atoms with Crippen LogP contribution in [0.15, 0.2) is 36.7 Å². The second-order valence-corrected chi connectivity index (χ2v) is 4.37. The molecule has 0 amide bonds. The quantitative estimate of drug-likeness (QED) is 0.747. The van der Waals surface area contributed by atoms with Crippen molar-refractivity contribution in [1.82, 2.24) is 9.97 Å². The van der Waals surface area contributed by atoms with E-state index in [9.17, 15) is 0 Å². The highest BCUT2D eigenvalue weighted by atomic mass is 15.2. The average Bonchev–Trinajstić information content (AvgIpc) is 2.39. The second-order valence-electron chi connectivity index (χ2n) is 4.37. The molecule has 1 aliphatic heterocycles. The first kappa shape index (κ1) is 10.3. The maximum absolute atomic E-state index is 4.50. The first-order valence-electron chi connectivity index (χ1n) is 5.99. The Morgan fingerprint density at radius 1 is 1.12 bits per heavy atom.